The van der Waals surface area contributed by atoms with Crippen LogP contribution in [0.25, 0.3) is 0 Å². The second-order valence-corrected chi connectivity index (χ2v) is 10.3. The predicted octanol–water partition coefficient (Wildman–Crippen LogP) is -0.546. The van der Waals surface area contributed by atoms with Gasteiger partial charge in [0.25, 0.3) is 0 Å². The Hall–Kier alpha value is -1.85. The van der Waals surface area contributed by atoms with Gasteiger partial charge >= 0.3 is 13.1 Å². The Morgan fingerprint density at radius 3 is 2.16 bits per heavy atom. The highest BCUT2D eigenvalue weighted by molar-refractivity contribution is 6.41. The molecule has 0 bridgehead atoms. The van der Waals surface area contributed by atoms with Crippen molar-refractivity contribution in [1.29, 1.82) is 0 Å². The Morgan fingerprint density at radius 2 is 1.68 bits per heavy atom. The number of nitrogens with zero attached hydrogens (tertiary/aromatic N) is 1. The molecule has 0 aliphatic carbocycles. The van der Waals surface area contributed by atoms with E-state index >= 15 is 0 Å². The van der Waals surface area contributed by atoms with Crippen molar-refractivity contribution in [3.63, 3.8) is 0 Å². The van der Waals surface area contributed by atoms with Crippen molar-refractivity contribution in [2.75, 3.05) is 26.6 Å². The van der Waals surface area contributed by atoms with Crippen molar-refractivity contribution in [3.05, 3.63) is 0 Å². The van der Waals surface area contributed by atoms with Crippen LogP contribution in [0.5, 0.6) is 0 Å². The minimum Gasteiger partial charge on any atom is -0.426 e. The standard InChI is InChI=1S/C20H40BN5O5/c1-19(2,3)14(11-22-7)24-18(29)25-15(20(4,5)6)17(28)26-10-8-9-13(26)16(27)23-12-21(30)31/h13-15,22,30-31H,8-12H2,1-7H3,(H,23,27)(H2,24,25,29)/t13-,14+,15+/m0/s1. The number of rotatable bonds is 8. The molecule has 1 rings (SSSR count). The molecule has 4 amide bonds. The molecule has 1 aliphatic heterocycles. The highest BCUT2D eigenvalue weighted by atomic mass is 16.4. The van der Waals surface area contributed by atoms with Gasteiger partial charge in [-0.3, -0.25) is 9.59 Å². The molecule has 0 aromatic heterocycles. The van der Waals surface area contributed by atoms with E-state index in [1.807, 2.05) is 48.6 Å². The number of urea groups is 1. The van der Waals surface area contributed by atoms with E-state index in [1.165, 1.54) is 4.90 Å². The quantitative estimate of drug-likeness (QED) is 0.279. The zero-order valence-electron chi connectivity index (χ0n) is 19.9. The van der Waals surface area contributed by atoms with Crippen molar-refractivity contribution >= 4 is 25.0 Å². The van der Waals surface area contributed by atoms with Crippen molar-refractivity contribution in [2.24, 2.45) is 10.8 Å². The molecule has 31 heavy (non-hydrogen) atoms. The normalized spacial score (nSPS) is 18.9. The molecule has 10 nitrogen and oxygen atoms in total. The summed E-state index contributed by atoms with van der Waals surface area (Å²) in [6, 6.07) is -2.12. The molecule has 1 aliphatic rings. The van der Waals surface area contributed by atoms with Gasteiger partial charge in [-0.1, -0.05) is 41.5 Å². The first-order valence-corrected chi connectivity index (χ1v) is 10.8. The molecule has 0 aromatic rings. The molecule has 1 fully saturated rings. The number of amides is 4. The highest BCUT2D eigenvalue weighted by Gasteiger charge is 2.42. The SMILES string of the molecule is CNC[C@@H](NC(=O)N[C@H](C(=O)N1CCC[C@H]1C(=O)NCB(O)O)C(C)(C)C)C(C)(C)C. The molecular weight excluding hydrogens is 401 g/mol. The van der Waals surface area contributed by atoms with Crippen LogP contribution in [0.3, 0.4) is 0 Å². The summed E-state index contributed by atoms with van der Waals surface area (Å²) in [6.45, 7) is 12.6. The van der Waals surface area contributed by atoms with E-state index in [2.05, 4.69) is 21.3 Å². The van der Waals surface area contributed by atoms with Crippen LogP contribution in [0, 0.1) is 10.8 Å². The third kappa shape index (κ3) is 8.31. The number of likely N-dealkylation sites (tertiary alicyclic amines) is 1. The molecule has 3 atom stereocenters. The Labute approximate surface area is 186 Å². The van der Waals surface area contributed by atoms with Crippen LogP contribution < -0.4 is 21.3 Å². The molecule has 0 saturated carbocycles. The van der Waals surface area contributed by atoms with Crippen LogP contribution in [-0.2, 0) is 9.59 Å². The Kier molecular flexibility index (Phi) is 9.78. The van der Waals surface area contributed by atoms with Gasteiger partial charge in [0, 0.05) is 19.1 Å². The Morgan fingerprint density at radius 1 is 1.06 bits per heavy atom. The lowest BCUT2D eigenvalue weighted by atomic mass is 9.85. The van der Waals surface area contributed by atoms with Gasteiger partial charge in [-0.15, -0.1) is 0 Å². The summed E-state index contributed by atoms with van der Waals surface area (Å²) in [5, 5.41) is 29.3. The number of likely N-dealkylation sites (N-methyl/N-ethyl adjacent to an activating group) is 1. The molecule has 1 heterocycles. The van der Waals surface area contributed by atoms with Gasteiger partial charge in [0.05, 0.1) is 6.44 Å². The Balaban J connectivity index is 2.94. The lowest BCUT2D eigenvalue weighted by molar-refractivity contribution is -0.141. The largest absolute Gasteiger partial charge is 0.472 e. The monoisotopic (exact) mass is 441 g/mol. The Bertz CT molecular complexity index is 632. The summed E-state index contributed by atoms with van der Waals surface area (Å²) in [5.74, 6) is -0.761. The molecule has 0 aromatic carbocycles. The fourth-order valence-corrected chi connectivity index (χ4v) is 3.54. The minimum atomic E-state index is -1.66. The van der Waals surface area contributed by atoms with Crippen molar-refractivity contribution < 1.29 is 24.4 Å². The van der Waals surface area contributed by atoms with E-state index in [4.69, 9.17) is 10.0 Å². The molecule has 11 heteroatoms. The first-order chi connectivity index (χ1) is 14.2. The first kappa shape index (κ1) is 27.2. The summed E-state index contributed by atoms with van der Waals surface area (Å²) < 4.78 is 0. The minimum absolute atomic E-state index is 0.150. The molecule has 6 N–H and O–H groups in total. The van der Waals surface area contributed by atoms with Crippen molar-refractivity contribution in [1.82, 2.24) is 26.2 Å². The molecular formula is C20H40BN5O5. The summed E-state index contributed by atoms with van der Waals surface area (Å²) in [5.41, 5.74) is -0.767. The fourth-order valence-electron chi connectivity index (χ4n) is 3.54. The summed E-state index contributed by atoms with van der Waals surface area (Å²) in [4.78, 5) is 40.1. The van der Waals surface area contributed by atoms with Crippen LogP contribution >= 0.6 is 0 Å². The van der Waals surface area contributed by atoms with E-state index in [-0.39, 0.29) is 23.8 Å². The number of hydrogen-bond donors (Lipinski definition) is 6. The first-order valence-electron chi connectivity index (χ1n) is 10.8. The van der Waals surface area contributed by atoms with Gasteiger partial charge in [-0.25, -0.2) is 4.79 Å². The van der Waals surface area contributed by atoms with Gasteiger partial charge < -0.3 is 36.2 Å². The average molecular weight is 441 g/mol. The van der Waals surface area contributed by atoms with Crippen LogP contribution in [0.1, 0.15) is 54.4 Å². The predicted molar refractivity (Wildman–Crippen MR) is 120 cm³/mol. The van der Waals surface area contributed by atoms with E-state index in [0.29, 0.717) is 25.9 Å². The van der Waals surface area contributed by atoms with Crippen molar-refractivity contribution in [2.45, 2.75) is 72.5 Å². The van der Waals surface area contributed by atoms with Gasteiger partial charge in [0.15, 0.2) is 0 Å². The second-order valence-electron chi connectivity index (χ2n) is 10.3. The van der Waals surface area contributed by atoms with Gasteiger partial charge in [-0.05, 0) is 30.7 Å². The maximum absolute atomic E-state index is 13.4. The molecule has 1 saturated heterocycles. The highest BCUT2D eigenvalue weighted by Crippen LogP contribution is 2.26. The smallest absolute Gasteiger partial charge is 0.426 e. The van der Waals surface area contributed by atoms with Crippen LogP contribution in [-0.4, -0.2) is 84.6 Å². The van der Waals surface area contributed by atoms with Crippen LogP contribution in [0.2, 0.25) is 0 Å². The van der Waals surface area contributed by atoms with Gasteiger partial charge in [0.1, 0.15) is 12.1 Å². The zero-order chi connectivity index (χ0) is 24.0. The molecule has 0 spiro atoms. The van der Waals surface area contributed by atoms with Crippen LogP contribution in [0.4, 0.5) is 4.79 Å². The number of carbonyl (C=O) groups excluding carboxylic acids is 3. The second kappa shape index (κ2) is 11.1. The van der Waals surface area contributed by atoms with Crippen LogP contribution in [0.15, 0.2) is 0 Å². The molecule has 0 radical (unpaired) electrons. The summed E-state index contributed by atoms with van der Waals surface area (Å²) >= 11 is 0. The number of carbonyl (C=O) groups is 3. The number of hydrogen-bond acceptors (Lipinski definition) is 6. The summed E-state index contributed by atoms with van der Waals surface area (Å²) in [7, 11) is 0.157. The zero-order valence-corrected chi connectivity index (χ0v) is 19.9. The molecule has 0 unspecified atom stereocenters. The third-order valence-electron chi connectivity index (χ3n) is 5.44. The maximum atomic E-state index is 13.4. The van der Waals surface area contributed by atoms with E-state index in [0.717, 1.165) is 0 Å². The van der Waals surface area contributed by atoms with Gasteiger partial charge in [-0.2, -0.15) is 0 Å². The maximum Gasteiger partial charge on any atom is 0.472 e. The molecule has 178 valence electrons. The third-order valence-corrected chi connectivity index (χ3v) is 5.44. The topological polar surface area (TPSA) is 143 Å². The average Bonchev–Trinajstić information content (AvgIpc) is 3.11. The van der Waals surface area contributed by atoms with E-state index < -0.39 is 36.6 Å². The lowest BCUT2D eigenvalue weighted by Crippen LogP contribution is -2.61. The van der Waals surface area contributed by atoms with Gasteiger partial charge in [0.2, 0.25) is 11.8 Å². The lowest BCUT2D eigenvalue weighted by Gasteiger charge is -2.37. The van der Waals surface area contributed by atoms with Crippen molar-refractivity contribution in [3.8, 4) is 0 Å². The van der Waals surface area contributed by atoms with E-state index in [1.54, 1.807) is 0 Å². The number of nitrogens with one attached hydrogen (secondary N) is 4. The summed E-state index contributed by atoms with van der Waals surface area (Å²) in [6.07, 6.45) is 0.833. The fraction of sp³-hybridized carbons (Fsp3) is 0.850. The van der Waals surface area contributed by atoms with E-state index in [9.17, 15) is 14.4 Å².